The minimum absolute atomic E-state index is 0.205. The molecule has 0 radical (unpaired) electrons. The maximum Gasteiger partial charge on any atom is 0.284 e. The minimum atomic E-state index is -3.75. The van der Waals surface area contributed by atoms with E-state index < -0.39 is 10.0 Å². The molecule has 0 aromatic heterocycles. The molecule has 1 heterocycles. The van der Waals surface area contributed by atoms with E-state index >= 15 is 0 Å². The molecule has 1 aliphatic rings. The van der Waals surface area contributed by atoms with Crippen molar-refractivity contribution in [3.8, 4) is 0 Å². The predicted octanol–water partition coefficient (Wildman–Crippen LogP) is 4.07. The van der Waals surface area contributed by atoms with Gasteiger partial charge in [0.1, 0.15) is 5.84 Å². The smallest absolute Gasteiger partial charge is 0.284 e. The van der Waals surface area contributed by atoms with Crippen LogP contribution in [0.4, 0.5) is 0 Å². The number of piperidine rings is 1. The van der Waals surface area contributed by atoms with Crippen LogP contribution in [0.25, 0.3) is 0 Å². The summed E-state index contributed by atoms with van der Waals surface area (Å²) in [6.07, 6.45) is 3.30. The number of nitrogens with zero attached hydrogens (tertiary/aromatic N) is 2. The van der Waals surface area contributed by atoms with Crippen LogP contribution in [-0.4, -0.2) is 32.2 Å². The Balaban J connectivity index is 2.03. The van der Waals surface area contributed by atoms with Gasteiger partial charge in [0.25, 0.3) is 10.0 Å². The summed E-state index contributed by atoms with van der Waals surface area (Å²) in [5.74, 6) is 0.540. The van der Waals surface area contributed by atoms with Gasteiger partial charge in [-0.25, -0.2) is 0 Å². The van der Waals surface area contributed by atoms with E-state index in [-0.39, 0.29) is 4.90 Å². The number of rotatable bonds is 3. The number of hydrogen-bond acceptors (Lipinski definition) is 2. The molecule has 126 valence electrons. The molecule has 6 heteroatoms. The van der Waals surface area contributed by atoms with Crippen LogP contribution < -0.4 is 0 Å². The molecule has 0 saturated carbocycles. The molecule has 2 aromatic rings. The highest BCUT2D eigenvalue weighted by molar-refractivity contribution is 9.10. The third-order valence-corrected chi connectivity index (χ3v) is 5.82. The molecule has 24 heavy (non-hydrogen) atoms. The minimum Gasteiger partial charge on any atom is -0.355 e. The predicted molar refractivity (Wildman–Crippen MR) is 99.7 cm³/mol. The summed E-state index contributed by atoms with van der Waals surface area (Å²) < 4.78 is 30.5. The highest BCUT2D eigenvalue weighted by atomic mass is 79.9. The Morgan fingerprint density at radius 1 is 0.917 bits per heavy atom. The van der Waals surface area contributed by atoms with E-state index in [4.69, 9.17) is 0 Å². The first-order valence-corrected chi connectivity index (χ1v) is 10.2. The Kier molecular flexibility index (Phi) is 5.36. The standard InChI is InChI=1S/C18H19BrN2O2S/c19-16-9-11-17(12-10-16)24(22,23)20-18(15-7-3-1-4-8-15)21-13-5-2-6-14-21/h1,3-4,7-12H,2,5-6,13-14H2/b20-18-. The number of benzene rings is 2. The molecule has 0 atom stereocenters. The third kappa shape index (κ3) is 4.05. The van der Waals surface area contributed by atoms with Gasteiger partial charge >= 0.3 is 0 Å². The van der Waals surface area contributed by atoms with Gasteiger partial charge < -0.3 is 4.90 Å². The summed E-state index contributed by atoms with van der Waals surface area (Å²) in [5, 5.41) is 0. The Hall–Kier alpha value is -1.66. The van der Waals surface area contributed by atoms with Crippen molar-refractivity contribution in [2.75, 3.05) is 13.1 Å². The second kappa shape index (κ2) is 7.49. The van der Waals surface area contributed by atoms with Crippen molar-refractivity contribution in [1.29, 1.82) is 0 Å². The number of amidine groups is 1. The molecule has 0 spiro atoms. The molecular formula is C18H19BrN2O2S. The van der Waals surface area contributed by atoms with E-state index in [1.54, 1.807) is 24.3 Å². The van der Waals surface area contributed by atoms with Crippen LogP contribution in [0.2, 0.25) is 0 Å². The van der Waals surface area contributed by atoms with Gasteiger partial charge in [0.2, 0.25) is 0 Å². The number of sulfonamides is 1. The first-order valence-electron chi connectivity index (χ1n) is 7.97. The lowest BCUT2D eigenvalue weighted by Crippen LogP contribution is -2.36. The van der Waals surface area contributed by atoms with Gasteiger partial charge in [-0.05, 0) is 43.5 Å². The van der Waals surface area contributed by atoms with Crippen molar-refractivity contribution in [2.45, 2.75) is 24.2 Å². The Morgan fingerprint density at radius 3 is 2.17 bits per heavy atom. The molecule has 4 nitrogen and oxygen atoms in total. The summed E-state index contributed by atoms with van der Waals surface area (Å²) >= 11 is 3.32. The van der Waals surface area contributed by atoms with Crippen molar-refractivity contribution in [1.82, 2.24) is 4.90 Å². The maximum absolute atomic E-state index is 12.7. The lowest BCUT2D eigenvalue weighted by atomic mass is 10.1. The molecule has 3 rings (SSSR count). The van der Waals surface area contributed by atoms with Gasteiger partial charge in [-0.15, -0.1) is 4.40 Å². The van der Waals surface area contributed by atoms with E-state index in [1.165, 1.54) is 6.42 Å². The Bertz CT molecular complexity index is 812. The Labute approximate surface area is 151 Å². The van der Waals surface area contributed by atoms with Crippen molar-refractivity contribution < 1.29 is 8.42 Å². The summed E-state index contributed by atoms with van der Waals surface area (Å²) in [5.41, 5.74) is 0.833. The average Bonchev–Trinajstić information content (AvgIpc) is 2.62. The molecule has 1 saturated heterocycles. The Morgan fingerprint density at radius 2 is 1.54 bits per heavy atom. The van der Waals surface area contributed by atoms with Crippen molar-refractivity contribution in [3.63, 3.8) is 0 Å². The monoisotopic (exact) mass is 406 g/mol. The van der Waals surface area contributed by atoms with E-state index in [2.05, 4.69) is 25.2 Å². The summed E-state index contributed by atoms with van der Waals surface area (Å²) in [7, 11) is -3.75. The lowest BCUT2D eigenvalue weighted by molar-refractivity contribution is 0.343. The fourth-order valence-corrected chi connectivity index (χ4v) is 4.06. The first kappa shape index (κ1) is 17.2. The number of halogens is 1. The fourth-order valence-electron chi connectivity index (χ4n) is 2.76. The second-order valence-corrected chi connectivity index (χ2v) is 8.28. The van der Waals surface area contributed by atoms with Gasteiger partial charge in [0, 0.05) is 23.1 Å². The molecule has 0 aliphatic carbocycles. The molecule has 0 bridgehead atoms. The summed E-state index contributed by atoms with van der Waals surface area (Å²) in [4.78, 5) is 2.28. The largest absolute Gasteiger partial charge is 0.355 e. The van der Waals surface area contributed by atoms with Crippen molar-refractivity contribution >= 4 is 31.8 Å². The molecule has 2 aromatic carbocycles. The van der Waals surface area contributed by atoms with Crippen LogP contribution in [0.3, 0.4) is 0 Å². The first-order chi connectivity index (χ1) is 11.6. The van der Waals surface area contributed by atoms with Gasteiger partial charge in [-0.2, -0.15) is 8.42 Å². The van der Waals surface area contributed by atoms with Crippen molar-refractivity contribution in [3.05, 3.63) is 64.6 Å². The van der Waals surface area contributed by atoms with Gasteiger partial charge in [-0.1, -0.05) is 46.3 Å². The number of hydrogen-bond donors (Lipinski definition) is 0. The topological polar surface area (TPSA) is 49.7 Å². The van der Waals surface area contributed by atoms with E-state index in [0.717, 1.165) is 36.0 Å². The van der Waals surface area contributed by atoms with Crippen molar-refractivity contribution in [2.24, 2.45) is 4.40 Å². The van der Waals surface area contributed by atoms with Crippen LogP contribution in [0.5, 0.6) is 0 Å². The zero-order valence-corrected chi connectivity index (χ0v) is 15.6. The summed E-state index contributed by atoms with van der Waals surface area (Å²) in [6.45, 7) is 1.67. The molecule has 1 fully saturated rings. The van der Waals surface area contributed by atoms with Gasteiger partial charge in [0.15, 0.2) is 0 Å². The number of likely N-dealkylation sites (tertiary alicyclic amines) is 1. The van der Waals surface area contributed by atoms with Gasteiger partial charge in [0.05, 0.1) is 4.90 Å². The third-order valence-electron chi connectivity index (χ3n) is 4.01. The summed E-state index contributed by atoms with van der Waals surface area (Å²) in [6, 6.07) is 16.1. The lowest BCUT2D eigenvalue weighted by Gasteiger charge is -2.29. The van der Waals surface area contributed by atoms with Crippen LogP contribution in [0.15, 0.2) is 68.4 Å². The zero-order valence-electron chi connectivity index (χ0n) is 13.2. The van der Waals surface area contributed by atoms with Crippen LogP contribution >= 0.6 is 15.9 Å². The average molecular weight is 407 g/mol. The van der Waals surface area contributed by atoms with Crippen LogP contribution in [0.1, 0.15) is 24.8 Å². The van der Waals surface area contributed by atoms with E-state index in [0.29, 0.717) is 5.84 Å². The molecule has 0 unspecified atom stereocenters. The van der Waals surface area contributed by atoms with Crippen LogP contribution in [0, 0.1) is 0 Å². The highest BCUT2D eigenvalue weighted by Gasteiger charge is 2.21. The fraction of sp³-hybridized carbons (Fsp3) is 0.278. The second-order valence-electron chi connectivity index (χ2n) is 5.76. The quantitative estimate of drug-likeness (QED) is 0.569. The molecular weight excluding hydrogens is 388 g/mol. The molecule has 0 N–H and O–H groups in total. The molecule has 0 amide bonds. The van der Waals surface area contributed by atoms with E-state index in [1.807, 2.05) is 30.3 Å². The normalized spacial score (nSPS) is 16.2. The van der Waals surface area contributed by atoms with E-state index in [9.17, 15) is 8.42 Å². The van der Waals surface area contributed by atoms with Crippen LogP contribution in [-0.2, 0) is 10.0 Å². The SMILES string of the molecule is O=S(=O)(/N=C(/c1ccccc1)N1CCCCC1)c1ccc(Br)cc1. The maximum atomic E-state index is 12.7. The van der Waals surface area contributed by atoms with Gasteiger partial charge in [-0.3, -0.25) is 0 Å². The molecule has 1 aliphatic heterocycles. The highest BCUT2D eigenvalue weighted by Crippen LogP contribution is 2.20. The zero-order chi connectivity index (χ0) is 17.0.